The Bertz CT molecular complexity index is 276. The van der Waals surface area contributed by atoms with E-state index in [4.69, 9.17) is 5.11 Å². The van der Waals surface area contributed by atoms with Crippen molar-refractivity contribution >= 4 is 5.97 Å². The van der Waals surface area contributed by atoms with E-state index in [2.05, 4.69) is 4.90 Å². The van der Waals surface area contributed by atoms with Gasteiger partial charge in [-0.3, -0.25) is 9.69 Å². The molecule has 0 aromatic carbocycles. The first-order valence-corrected chi connectivity index (χ1v) is 7.01. The molecule has 1 fully saturated rings. The van der Waals surface area contributed by atoms with Crippen molar-refractivity contribution in [3.8, 4) is 0 Å². The van der Waals surface area contributed by atoms with Gasteiger partial charge in [0.1, 0.15) is 0 Å². The van der Waals surface area contributed by atoms with Gasteiger partial charge in [-0.1, -0.05) is 20.3 Å². The Labute approximate surface area is 110 Å². The minimum atomic E-state index is -0.726. The minimum Gasteiger partial charge on any atom is -0.481 e. The number of rotatable bonds is 6. The molecule has 2 unspecified atom stereocenters. The maximum Gasteiger partial charge on any atom is 0.303 e. The predicted octanol–water partition coefficient (Wildman–Crippen LogP) is 2.11. The Hall–Kier alpha value is -0.610. The second-order valence-electron chi connectivity index (χ2n) is 6.06. The summed E-state index contributed by atoms with van der Waals surface area (Å²) in [5, 5.41) is 19.2. The molecule has 0 spiro atoms. The fourth-order valence-corrected chi connectivity index (χ4v) is 2.48. The molecule has 1 saturated heterocycles. The summed E-state index contributed by atoms with van der Waals surface area (Å²) in [4.78, 5) is 13.0. The van der Waals surface area contributed by atoms with Crippen LogP contribution in [0.25, 0.3) is 0 Å². The molecule has 1 aliphatic rings. The zero-order valence-electron chi connectivity index (χ0n) is 11.9. The summed E-state index contributed by atoms with van der Waals surface area (Å²) in [6, 6.07) is 0.320. The number of carboxylic acid groups (broad SMARTS) is 1. The van der Waals surface area contributed by atoms with E-state index < -0.39 is 11.6 Å². The van der Waals surface area contributed by atoms with Crippen LogP contribution < -0.4 is 0 Å². The quantitative estimate of drug-likeness (QED) is 0.765. The van der Waals surface area contributed by atoms with E-state index in [-0.39, 0.29) is 12.3 Å². The number of likely N-dealkylation sites (tertiary alicyclic amines) is 1. The number of aliphatic carboxylic acids is 1. The SMILES string of the molecule is CC(C)C(C)(O)CN1CCCCC1CCC(=O)O. The standard InChI is InChI=1S/C14H27NO3/c1-11(2)14(3,18)10-15-9-5-4-6-12(15)7-8-13(16)17/h11-12,18H,4-10H2,1-3H3,(H,16,17). The molecule has 1 rings (SSSR count). The molecular formula is C14H27NO3. The van der Waals surface area contributed by atoms with Crippen molar-refractivity contribution in [3.63, 3.8) is 0 Å². The van der Waals surface area contributed by atoms with Crippen LogP contribution in [-0.2, 0) is 4.79 Å². The molecule has 0 saturated carbocycles. The molecular weight excluding hydrogens is 230 g/mol. The lowest BCUT2D eigenvalue weighted by Crippen LogP contribution is -2.50. The number of carboxylic acids is 1. The number of carbonyl (C=O) groups is 1. The second-order valence-corrected chi connectivity index (χ2v) is 6.06. The highest BCUT2D eigenvalue weighted by Crippen LogP contribution is 2.25. The number of hydrogen-bond acceptors (Lipinski definition) is 3. The Morgan fingerprint density at radius 2 is 2.11 bits per heavy atom. The van der Waals surface area contributed by atoms with Gasteiger partial charge in [0.15, 0.2) is 0 Å². The largest absolute Gasteiger partial charge is 0.481 e. The van der Waals surface area contributed by atoms with Gasteiger partial charge >= 0.3 is 5.97 Å². The van der Waals surface area contributed by atoms with Gasteiger partial charge in [-0.2, -0.15) is 0 Å². The van der Waals surface area contributed by atoms with Crippen LogP contribution in [0.3, 0.4) is 0 Å². The van der Waals surface area contributed by atoms with Crippen LogP contribution >= 0.6 is 0 Å². The molecule has 0 aromatic rings. The number of nitrogens with zero attached hydrogens (tertiary/aromatic N) is 1. The topological polar surface area (TPSA) is 60.8 Å². The zero-order chi connectivity index (χ0) is 13.8. The monoisotopic (exact) mass is 257 g/mol. The van der Waals surface area contributed by atoms with Gasteiger partial charge in [0.05, 0.1) is 5.60 Å². The highest BCUT2D eigenvalue weighted by atomic mass is 16.4. The van der Waals surface area contributed by atoms with E-state index >= 15 is 0 Å². The third kappa shape index (κ3) is 4.58. The molecule has 18 heavy (non-hydrogen) atoms. The molecule has 4 heteroatoms. The average molecular weight is 257 g/mol. The summed E-state index contributed by atoms with van der Waals surface area (Å²) >= 11 is 0. The summed E-state index contributed by atoms with van der Waals surface area (Å²) in [7, 11) is 0. The van der Waals surface area contributed by atoms with Crippen LogP contribution in [0.4, 0.5) is 0 Å². The highest BCUT2D eigenvalue weighted by Gasteiger charge is 2.32. The molecule has 1 aliphatic heterocycles. The Morgan fingerprint density at radius 3 is 2.67 bits per heavy atom. The normalized spacial score (nSPS) is 25.1. The Morgan fingerprint density at radius 1 is 1.44 bits per heavy atom. The molecule has 106 valence electrons. The van der Waals surface area contributed by atoms with Crippen molar-refractivity contribution in [1.82, 2.24) is 4.90 Å². The van der Waals surface area contributed by atoms with E-state index in [0.717, 1.165) is 19.4 Å². The number of aliphatic hydroxyl groups is 1. The van der Waals surface area contributed by atoms with E-state index in [0.29, 0.717) is 19.0 Å². The number of β-amino-alcohol motifs (C(OH)–C–C–N with tert-alkyl or cyclic N) is 1. The lowest BCUT2D eigenvalue weighted by Gasteiger charge is -2.41. The predicted molar refractivity (Wildman–Crippen MR) is 71.5 cm³/mol. The molecule has 0 aliphatic carbocycles. The second kappa shape index (κ2) is 6.53. The summed E-state index contributed by atoms with van der Waals surface area (Å²) in [6.45, 7) is 7.55. The lowest BCUT2D eigenvalue weighted by molar-refractivity contribution is -0.137. The van der Waals surface area contributed by atoms with E-state index in [1.54, 1.807) is 0 Å². The van der Waals surface area contributed by atoms with Crippen LogP contribution in [0.2, 0.25) is 0 Å². The lowest BCUT2D eigenvalue weighted by atomic mass is 9.89. The van der Waals surface area contributed by atoms with Crippen molar-refractivity contribution in [2.45, 2.75) is 64.5 Å². The zero-order valence-corrected chi connectivity index (χ0v) is 11.9. The first-order valence-electron chi connectivity index (χ1n) is 7.01. The highest BCUT2D eigenvalue weighted by molar-refractivity contribution is 5.66. The van der Waals surface area contributed by atoms with Crippen LogP contribution in [0.1, 0.15) is 52.9 Å². The maximum absolute atomic E-state index is 10.7. The number of piperidine rings is 1. The van der Waals surface area contributed by atoms with Crippen molar-refractivity contribution in [1.29, 1.82) is 0 Å². The van der Waals surface area contributed by atoms with Crippen LogP contribution in [0, 0.1) is 5.92 Å². The van der Waals surface area contributed by atoms with Crippen LogP contribution in [0.15, 0.2) is 0 Å². The molecule has 2 atom stereocenters. The van der Waals surface area contributed by atoms with Gasteiger partial charge in [0.25, 0.3) is 0 Å². The molecule has 0 amide bonds. The summed E-state index contributed by atoms with van der Waals surface area (Å²) in [5.74, 6) is -0.518. The van der Waals surface area contributed by atoms with Gasteiger partial charge in [-0.05, 0) is 38.6 Å². The molecule has 4 nitrogen and oxygen atoms in total. The molecule has 1 heterocycles. The smallest absolute Gasteiger partial charge is 0.303 e. The summed E-state index contributed by atoms with van der Waals surface area (Å²) in [5.41, 5.74) is -0.696. The maximum atomic E-state index is 10.7. The van der Waals surface area contributed by atoms with E-state index in [1.807, 2.05) is 20.8 Å². The van der Waals surface area contributed by atoms with E-state index in [1.165, 1.54) is 6.42 Å². The van der Waals surface area contributed by atoms with Gasteiger partial charge in [0, 0.05) is 19.0 Å². The Kier molecular flexibility index (Phi) is 5.60. The van der Waals surface area contributed by atoms with Gasteiger partial charge in [-0.15, -0.1) is 0 Å². The van der Waals surface area contributed by atoms with Crippen molar-refractivity contribution < 1.29 is 15.0 Å². The van der Waals surface area contributed by atoms with Gasteiger partial charge < -0.3 is 10.2 Å². The fourth-order valence-electron chi connectivity index (χ4n) is 2.48. The molecule has 2 N–H and O–H groups in total. The third-order valence-electron chi connectivity index (χ3n) is 4.21. The summed E-state index contributed by atoms with van der Waals surface area (Å²) in [6.07, 6.45) is 4.30. The third-order valence-corrected chi connectivity index (χ3v) is 4.21. The van der Waals surface area contributed by atoms with Crippen LogP contribution in [0.5, 0.6) is 0 Å². The van der Waals surface area contributed by atoms with Gasteiger partial charge in [-0.25, -0.2) is 0 Å². The summed E-state index contributed by atoms with van der Waals surface area (Å²) < 4.78 is 0. The molecule has 0 bridgehead atoms. The van der Waals surface area contributed by atoms with Crippen molar-refractivity contribution in [2.75, 3.05) is 13.1 Å². The van der Waals surface area contributed by atoms with Crippen LogP contribution in [-0.4, -0.2) is 45.8 Å². The Balaban J connectivity index is 2.56. The molecule has 0 radical (unpaired) electrons. The number of hydrogen-bond donors (Lipinski definition) is 2. The van der Waals surface area contributed by atoms with Gasteiger partial charge in [0.2, 0.25) is 0 Å². The van der Waals surface area contributed by atoms with E-state index in [9.17, 15) is 9.90 Å². The first-order chi connectivity index (χ1) is 8.33. The fraction of sp³-hybridized carbons (Fsp3) is 0.929. The minimum absolute atomic E-state index is 0.208. The van der Waals surface area contributed by atoms with Crippen molar-refractivity contribution in [3.05, 3.63) is 0 Å². The first kappa shape index (κ1) is 15.4. The molecule has 0 aromatic heterocycles. The average Bonchev–Trinajstić information content (AvgIpc) is 2.27. The van der Waals surface area contributed by atoms with Crippen molar-refractivity contribution in [2.24, 2.45) is 5.92 Å².